The van der Waals surface area contributed by atoms with Crippen LogP contribution in [-0.4, -0.2) is 35.3 Å². The molecule has 0 radical (unpaired) electrons. The van der Waals surface area contributed by atoms with Crippen LogP contribution in [0.2, 0.25) is 0 Å². The molecule has 0 aliphatic carbocycles. The molecule has 0 atom stereocenters. The molecular weight excluding hydrogens is 276 g/mol. The molecule has 1 aromatic carbocycles. The summed E-state index contributed by atoms with van der Waals surface area (Å²) >= 11 is 0. The van der Waals surface area contributed by atoms with Crippen LogP contribution in [0.25, 0.3) is 0 Å². The van der Waals surface area contributed by atoms with Crippen molar-refractivity contribution in [1.82, 2.24) is 9.97 Å². The van der Waals surface area contributed by atoms with E-state index in [2.05, 4.69) is 9.97 Å². The smallest absolute Gasteiger partial charge is 0.354 e. The molecule has 1 aromatic heterocycles. The molecule has 7 nitrogen and oxygen atoms in total. The van der Waals surface area contributed by atoms with Gasteiger partial charge in [0.1, 0.15) is 0 Å². The summed E-state index contributed by atoms with van der Waals surface area (Å²) < 4.78 is 15.9. The second kappa shape index (κ2) is 6.08. The van der Waals surface area contributed by atoms with Gasteiger partial charge >= 0.3 is 12.0 Å². The minimum atomic E-state index is -1.16. The Labute approximate surface area is 121 Å². The van der Waals surface area contributed by atoms with E-state index in [1.807, 2.05) is 0 Å². The Morgan fingerprint density at radius 3 is 2.29 bits per heavy atom. The molecule has 21 heavy (non-hydrogen) atoms. The zero-order chi connectivity index (χ0) is 15.4. The monoisotopic (exact) mass is 290 g/mol. The van der Waals surface area contributed by atoms with E-state index in [1.54, 1.807) is 25.1 Å². The lowest BCUT2D eigenvalue weighted by atomic mass is 10.3. The first-order valence-corrected chi connectivity index (χ1v) is 6.03. The van der Waals surface area contributed by atoms with Crippen LogP contribution in [0, 0.1) is 6.92 Å². The molecule has 0 aliphatic rings. The number of carboxylic acids is 1. The number of hydrogen-bond donors (Lipinski definition) is 1. The first-order valence-electron chi connectivity index (χ1n) is 6.03. The van der Waals surface area contributed by atoms with Gasteiger partial charge in [0.25, 0.3) is 0 Å². The quantitative estimate of drug-likeness (QED) is 0.903. The first kappa shape index (κ1) is 14.6. The number of nitrogens with zero attached hydrogens (tertiary/aromatic N) is 2. The van der Waals surface area contributed by atoms with Crippen LogP contribution >= 0.6 is 0 Å². The third-order valence-corrected chi connectivity index (χ3v) is 2.63. The third kappa shape index (κ3) is 3.19. The Hall–Kier alpha value is -2.83. The summed E-state index contributed by atoms with van der Waals surface area (Å²) in [5.74, 6) is -0.0190. The molecule has 0 saturated heterocycles. The van der Waals surface area contributed by atoms with Gasteiger partial charge in [0.2, 0.25) is 5.75 Å². The van der Waals surface area contributed by atoms with Gasteiger partial charge < -0.3 is 19.3 Å². The van der Waals surface area contributed by atoms with Gasteiger partial charge in [-0.2, -0.15) is 4.98 Å². The molecule has 2 rings (SSSR count). The maximum atomic E-state index is 11.0. The van der Waals surface area contributed by atoms with Crippen molar-refractivity contribution in [2.75, 3.05) is 14.2 Å². The van der Waals surface area contributed by atoms with Crippen LogP contribution in [0.3, 0.4) is 0 Å². The highest BCUT2D eigenvalue weighted by atomic mass is 16.5. The summed E-state index contributed by atoms with van der Waals surface area (Å²) in [6, 6.07) is 6.38. The lowest BCUT2D eigenvalue weighted by Crippen LogP contribution is -2.05. The summed E-state index contributed by atoms with van der Waals surface area (Å²) in [5, 5.41) is 9.01. The van der Waals surface area contributed by atoms with Crippen molar-refractivity contribution in [2.45, 2.75) is 6.92 Å². The number of rotatable bonds is 5. The maximum absolute atomic E-state index is 11.0. The Balaban J connectivity index is 2.45. The Morgan fingerprint density at radius 1 is 1.14 bits per heavy atom. The maximum Gasteiger partial charge on any atom is 0.354 e. The fourth-order valence-electron chi connectivity index (χ4n) is 1.71. The second-order valence-corrected chi connectivity index (χ2v) is 4.08. The van der Waals surface area contributed by atoms with Gasteiger partial charge in [-0.05, 0) is 25.1 Å². The van der Waals surface area contributed by atoms with Crippen LogP contribution < -0.4 is 14.2 Å². The van der Waals surface area contributed by atoms with Gasteiger partial charge in [-0.25, -0.2) is 9.78 Å². The van der Waals surface area contributed by atoms with E-state index in [-0.39, 0.29) is 17.5 Å². The lowest BCUT2D eigenvalue weighted by molar-refractivity contribution is 0.0689. The minimum Gasteiger partial charge on any atom is -0.493 e. The number of aryl methyl sites for hydroxylation is 1. The Bertz CT molecular complexity index is 650. The van der Waals surface area contributed by atoms with Gasteiger partial charge in [-0.15, -0.1) is 0 Å². The fraction of sp³-hybridized carbons (Fsp3) is 0.214. The molecule has 0 amide bonds. The third-order valence-electron chi connectivity index (χ3n) is 2.63. The molecular formula is C14H14N2O5. The molecule has 1 heterocycles. The highest BCUT2D eigenvalue weighted by Gasteiger charge is 2.16. The summed E-state index contributed by atoms with van der Waals surface area (Å²) in [6.45, 7) is 1.65. The first-order chi connectivity index (χ1) is 10.0. The van der Waals surface area contributed by atoms with Gasteiger partial charge in [0.15, 0.2) is 17.2 Å². The van der Waals surface area contributed by atoms with E-state index in [0.717, 1.165) is 0 Å². The van der Waals surface area contributed by atoms with Gasteiger partial charge in [-0.1, -0.05) is 6.07 Å². The SMILES string of the molecule is COc1cccc(OC)c1Oc1nc(C)cc(C(=O)O)n1. The predicted octanol–water partition coefficient (Wildman–Crippen LogP) is 2.29. The van der Waals surface area contributed by atoms with E-state index in [9.17, 15) is 4.79 Å². The Morgan fingerprint density at radius 2 is 1.76 bits per heavy atom. The molecule has 7 heteroatoms. The molecule has 2 aromatic rings. The van der Waals surface area contributed by atoms with Crippen LogP contribution in [0.1, 0.15) is 16.2 Å². The van der Waals surface area contributed by atoms with Gasteiger partial charge in [-0.3, -0.25) is 0 Å². The van der Waals surface area contributed by atoms with E-state index >= 15 is 0 Å². The van der Waals surface area contributed by atoms with Crippen molar-refractivity contribution in [1.29, 1.82) is 0 Å². The van der Waals surface area contributed by atoms with Crippen LogP contribution in [-0.2, 0) is 0 Å². The minimum absolute atomic E-state index is 0.0878. The van der Waals surface area contributed by atoms with Crippen molar-refractivity contribution < 1.29 is 24.1 Å². The molecule has 0 fully saturated rings. The molecule has 110 valence electrons. The number of hydrogen-bond acceptors (Lipinski definition) is 6. The number of aromatic carboxylic acids is 1. The molecule has 1 N–H and O–H groups in total. The summed E-state index contributed by atoms with van der Waals surface area (Å²) in [4.78, 5) is 18.9. The molecule has 0 spiro atoms. The molecule has 0 bridgehead atoms. The van der Waals surface area contributed by atoms with Crippen molar-refractivity contribution in [3.63, 3.8) is 0 Å². The van der Waals surface area contributed by atoms with Gasteiger partial charge in [0.05, 0.1) is 14.2 Å². The standard InChI is InChI=1S/C14H14N2O5/c1-8-7-9(13(17)18)16-14(15-8)21-12-10(19-2)5-4-6-11(12)20-3/h4-7H,1-3H3,(H,17,18). The summed E-state index contributed by atoms with van der Waals surface area (Å²) in [7, 11) is 2.98. The van der Waals surface area contributed by atoms with Crippen molar-refractivity contribution in [3.8, 4) is 23.3 Å². The van der Waals surface area contributed by atoms with Crippen LogP contribution in [0.5, 0.6) is 23.3 Å². The van der Waals surface area contributed by atoms with Crippen molar-refractivity contribution >= 4 is 5.97 Å². The fourth-order valence-corrected chi connectivity index (χ4v) is 1.71. The second-order valence-electron chi connectivity index (χ2n) is 4.08. The number of para-hydroxylation sites is 1. The highest BCUT2D eigenvalue weighted by molar-refractivity contribution is 5.85. The number of benzene rings is 1. The molecule has 0 aliphatic heterocycles. The molecule has 0 unspecified atom stereocenters. The van der Waals surface area contributed by atoms with E-state index in [0.29, 0.717) is 17.2 Å². The number of carbonyl (C=O) groups is 1. The van der Waals surface area contributed by atoms with E-state index in [1.165, 1.54) is 20.3 Å². The van der Waals surface area contributed by atoms with Gasteiger partial charge in [0, 0.05) is 5.69 Å². The average molecular weight is 290 g/mol. The van der Waals surface area contributed by atoms with E-state index < -0.39 is 5.97 Å². The highest BCUT2D eigenvalue weighted by Crippen LogP contribution is 2.39. The largest absolute Gasteiger partial charge is 0.493 e. The Kier molecular flexibility index (Phi) is 4.22. The average Bonchev–Trinajstić information content (AvgIpc) is 2.46. The summed E-state index contributed by atoms with van der Waals surface area (Å²) in [5.41, 5.74) is 0.331. The zero-order valence-electron chi connectivity index (χ0n) is 11.8. The number of ether oxygens (including phenoxy) is 3. The topological polar surface area (TPSA) is 90.8 Å². The number of aromatic nitrogens is 2. The number of methoxy groups -OCH3 is 2. The van der Waals surface area contributed by atoms with E-state index in [4.69, 9.17) is 19.3 Å². The normalized spacial score (nSPS) is 10.0. The zero-order valence-corrected chi connectivity index (χ0v) is 11.8. The van der Waals surface area contributed by atoms with Crippen molar-refractivity contribution in [3.05, 3.63) is 35.7 Å². The van der Waals surface area contributed by atoms with Crippen molar-refractivity contribution in [2.24, 2.45) is 0 Å². The lowest BCUT2D eigenvalue weighted by Gasteiger charge is -2.13. The number of carboxylic acid groups (broad SMARTS) is 1. The summed E-state index contributed by atoms with van der Waals surface area (Å²) in [6.07, 6.45) is 0. The van der Waals surface area contributed by atoms with Crippen LogP contribution in [0.15, 0.2) is 24.3 Å². The van der Waals surface area contributed by atoms with Crippen LogP contribution in [0.4, 0.5) is 0 Å². The molecule has 0 saturated carbocycles. The predicted molar refractivity (Wildman–Crippen MR) is 73.3 cm³/mol.